The first-order valence-corrected chi connectivity index (χ1v) is 19.5. The molecule has 1 aliphatic carbocycles. The molecule has 0 amide bonds. The van der Waals surface area contributed by atoms with Crippen LogP contribution in [0.25, 0.3) is 60.3 Å². The van der Waals surface area contributed by atoms with Crippen molar-refractivity contribution < 1.29 is 4.42 Å². The van der Waals surface area contributed by atoms with Crippen LogP contribution < -0.4 is 9.80 Å². The van der Waals surface area contributed by atoms with Crippen molar-refractivity contribution in [2.24, 2.45) is 5.92 Å². The van der Waals surface area contributed by atoms with Gasteiger partial charge >= 0.3 is 0 Å². The maximum absolute atomic E-state index is 7.03. The molecule has 0 aliphatic heterocycles. The van der Waals surface area contributed by atoms with Crippen LogP contribution in [0, 0.1) is 5.92 Å². The number of hydrogen-bond donors (Lipinski definition) is 0. The van der Waals surface area contributed by atoms with E-state index in [9.17, 15) is 0 Å². The molecular formula is C53H38N2O. The molecule has 1 aromatic heterocycles. The highest BCUT2D eigenvalue weighted by Crippen LogP contribution is 2.47. The fourth-order valence-corrected chi connectivity index (χ4v) is 8.96. The Labute approximate surface area is 326 Å². The lowest BCUT2D eigenvalue weighted by molar-refractivity contribution is 0.673. The summed E-state index contributed by atoms with van der Waals surface area (Å²) in [6.07, 6.45) is 5.62. The van der Waals surface area contributed by atoms with Crippen molar-refractivity contribution >= 4 is 94.5 Å². The summed E-state index contributed by atoms with van der Waals surface area (Å²) in [5.74, 6) is 0.482. The van der Waals surface area contributed by atoms with Gasteiger partial charge in [0, 0.05) is 56.0 Å². The second-order valence-corrected chi connectivity index (χ2v) is 15.0. The smallest absolute Gasteiger partial charge is 0.143 e. The van der Waals surface area contributed by atoms with Gasteiger partial charge in [0.2, 0.25) is 0 Å². The number of rotatable bonds is 6. The Morgan fingerprint density at radius 2 is 1.07 bits per heavy atom. The maximum Gasteiger partial charge on any atom is 0.143 e. The minimum Gasteiger partial charge on any atom is -0.455 e. The van der Waals surface area contributed by atoms with Gasteiger partial charge in [0.15, 0.2) is 0 Å². The number of furan rings is 1. The topological polar surface area (TPSA) is 19.6 Å². The predicted octanol–water partition coefficient (Wildman–Crippen LogP) is 15.2. The highest BCUT2D eigenvalue weighted by Gasteiger charge is 2.23. The first-order valence-electron chi connectivity index (χ1n) is 19.5. The highest BCUT2D eigenvalue weighted by atomic mass is 16.3. The monoisotopic (exact) mass is 718 g/mol. The minimum absolute atomic E-state index is 0.482. The number of anilines is 6. The van der Waals surface area contributed by atoms with Gasteiger partial charge in [0.1, 0.15) is 11.2 Å². The van der Waals surface area contributed by atoms with Crippen LogP contribution in [0.1, 0.15) is 18.1 Å². The second-order valence-electron chi connectivity index (χ2n) is 15.0. The van der Waals surface area contributed by atoms with E-state index in [0.717, 1.165) is 62.2 Å². The molecule has 0 N–H and O–H groups in total. The van der Waals surface area contributed by atoms with Gasteiger partial charge in [-0.2, -0.15) is 0 Å². The lowest BCUT2D eigenvalue weighted by Crippen LogP contribution is -2.15. The zero-order valence-corrected chi connectivity index (χ0v) is 31.1. The molecule has 0 bridgehead atoms. The van der Waals surface area contributed by atoms with E-state index in [0.29, 0.717) is 5.92 Å². The molecule has 0 spiro atoms. The Hall–Kier alpha value is -7.10. The van der Waals surface area contributed by atoms with Crippen molar-refractivity contribution in [3.8, 4) is 0 Å². The van der Waals surface area contributed by atoms with Crippen LogP contribution in [0.3, 0.4) is 0 Å². The van der Waals surface area contributed by atoms with Crippen molar-refractivity contribution in [1.29, 1.82) is 0 Å². The first-order chi connectivity index (χ1) is 27.7. The Morgan fingerprint density at radius 1 is 0.464 bits per heavy atom. The van der Waals surface area contributed by atoms with Crippen LogP contribution in [0.15, 0.2) is 192 Å². The van der Waals surface area contributed by atoms with Crippen LogP contribution >= 0.6 is 0 Å². The first kappa shape index (κ1) is 32.3. The van der Waals surface area contributed by atoms with E-state index in [1.807, 2.05) is 0 Å². The second kappa shape index (κ2) is 13.0. The Kier molecular flexibility index (Phi) is 7.53. The molecular weight excluding hydrogens is 681 g/mol. The molecule has 0 fully saturated rings. The lowest BCUT2D eigenvalue weighted by Gasteiger charge is -2.30. The molecule has 266 valence electrons. The SMILES string of the molecule is CC1C=Cc2cccc(N(c3ccccc3)c3ccc4c(c3)c3ccccc3c3c5ccc(N(c6ccccc6)c6cccc7ccccc67)cc5oc43)c2C1. The Morgan fingerprint density at radius 3 is 1.86 bits per heavy atom. The van der Waals surface area contributed by atoms with Gasteiger partial charge in [-0.3, -0.25) is 0 Å². The normalized spacial score (nSPS) is 13.8. The number of allylic oxidation sites excluding steroid dienone is 1. The molecule has 3 heteroatoms. The molecule has 3 nitrogen and oxygen atoms in total. The van der Waals surface area contributed by atoms with Crippen molar-refractivity contribution in [1.82, 2.24) is 0 Å². The van der Waals surface area contributed by atoms with Gasteiger partial charge in [0.05, 0.1) is 5.69 Å². The van der Waals surface area contributed by atoms with E-state index in [4.69, 9.17) is 4.42 Å². The van der Waals surface area contributed by atoms with Crippen molar-refractivity contribution in [3.63, 3.8) is 0 Å². The summed E-state index contributed by atoms with van der Waals surface area (Å²) < 4.78 is 7.03. The summed E-state index contributed by atoms with van der Waals surface area (Å²) in [6.45, 7) is 2.30. The third-order valence-corrected chi connectivity index (χ3v) is 11.5. The molecule has 1 unspecified atom stereocenters. The summed E-state index contributed by atoms with van der Waals surface area (Å²) in [5.41, 5.74) is 11.2. The van der Waals surface area contributed by atoms with Crippen LogP contribution in [0.4, 0.5) is 34.1 Å². The minimum atomic E-state index is 0.482. The molecule has 9 aromatic carbocycles. The van der Waals surface area contributed by atoms with Crippen LogP contribution in [0.5, 0.6) is 0 Å². The molecule has 1 atom stereocenters. The number of hydrogen-bond acceptors (Lipinski definition) is 3. The number of fused-ring (bicyclic) bond motifs is 10. The van der Waals surface area contributed by atoms with Gasteiger partial charge in [0.25, 0.3) is 0 Å². The van der Waals surface area contributed by atoms with E-state index >= 15 is 0 Å². The molecule has 11 rings (SSSR count). The Bertz CT molecular complexity index is 3140. The fraction of sp³-hybridized carbons (Fsp3) is 0.0566. The summed E-state index contributed by atoms with van der Waals surface area (Å²) in [6, 6.07) is 65.6. The number of benzene rings is 9. The fourth-order valence-electron chi connectivity index (χ4n) is 8.96. The Balaban J connectivity index is 1.13. The largest absolute Gasteiger partial charge is 0.455 e. The molecule has 0 saturated heterocycles. The van der Waals surface area contributed by atoms with Crippen molar-refractivity contribution in [3.05, 3.63) is 199 Å². The van der Waals surface area contributed by atoms with Crippen molar-refractivity contribution in [2.75, 3.05) is 9.80 Å². The van der Waals surface area contributed by atoms with Gasteiger partial charge in [-0.05, 0) is 112 Å². The van der Waals surface area contributed by atoms with Gasteiger partial charge in [-0.25, -0.2) is 0 Å². The summed E-state index contributed by atoms with van der Waals surface area (Å²) in [4.78, 5) is 4.77. The van der Waals surface area contributed by atoms with E-state index < -0.39 is 0 Å². The predicted molar refractivity (Wildman–Crippen MR) is 238 cm³/mol. The molecule has 1 aliphatic rings. The highest BCUT2D eigenvalue weighted by molar-refractivity contribution is 6.30. The third kappa shape index (κ3) is 5.20. The summed E-state index contributed by atoms with van der Waals surface area (Å²) in [7, 11) is 0. The molecule has 1 heterocycles. The van der Waals surface area contributed by atoms with Crippen LogP contribution in [-0.2, 0) is 6.42 Å². The summed E-state index contributed by atoms with van der Waals surface area (Å²) >= 11 is 0. The average molecular weight is 719 g/mol. The van der Waals surface area contributed by atoms with Gasteiger partial charge in [-0.1, -0.05) is 128 Å². The maximum atomic E-state index is 7.03. The van der Waals surface area contributed by atoms with E-state index in [1.165, 1.54) is 43.7 Å². The van der Waals surface area contributed by atoms with E-state index in [1.54, 1.807) is 0 Å². The molecule has 0 saturated carbocycles. The van der Waals surface area contributed by atoms with Gasteiger partial charge < -0.3 is 14.2 Å². The van der Waals surface area contributed by atoms with E-state index in [2.05, 4.69) is 211 Å². The van der Waals surface area contributed by atoms with Crippen LogP contribution in [0.2, 0.25) is 0 Å². The number of nitrogens with zero attached hydrogens (tertiary/aromatic N) is 2. The van der Waals surface area contributed by atoms with Gasteiger partial charge in [-0.15, -0.1) is 0 Å². The molecule has 56 heavy (non-hydrogen) atoms. The molecule has 0 radical (unpaired) electrons. The molecule has 10 aromatic rings. The third-order valence-electron chi connectivity index (χ3n) is 11.5. The van der Waals surface area contributed by atoms with Crippen molar-refractivity contribution in [2.45, 2.75) is 13.3 Å². The standard InChI is InChI=1S/C53H38N2O/c1-35-26-27-37-16-13-25-50(47(37)32-35)54(38-17-4-2-5-18-38)40-28-30-45-48(33-40)43-22-10-11-23-44(43)52-46-31-29-41(34-51(46)56-53(45)52)55(39-19-6-3-7-20-39)49-24-12-15-36-14-8-9-21-42(36)49/h2-31,33-35H,32H2,1H3. The average Bonchev–Trinajstić information content (AvgIpc) is 3.64. The zero-order valence-electron chi connectivity index (χ0n) is 31.1. The van der Waals surface area contributed by atoms with Crippen LogP contribution in [-0.4, -0.2) is 0 Å². The van der Waals surface area contributed by atoms with E-state index in [-0.39, 0.29) is 0 Å². The lowest BCUT2D eigenvalue weighted by atomic mass is 9.89. The summed E-state index contributed by atoms with van der Waals surface area (Å²) in [5, 5.41) is 9.34. The zero-order chi connectivity index (χ0) is 37.2. The quantitative estimate of drug-likeness (QED) is 0.160. The number of para-hydroxylation sites is 2.